The molecule has 0 saturated carbocycles. The van der Waals surface area contributed by atoms with Gasteiger partial charge in [-0.05, 0) is 74.3 Å². The lowest BCUT2D eigenvalue weighted by Crippen LogP contribution is -2.34. The van der Waals surface area contributed by atoms with Crippen molar-refractivity contribution in [3.63, 3.8) is 0 Å². The summed E-state index contributed by atoms with van der Waals surface area (Å²) in [5, 5.41) is 5.33. The van der Waals surface area contributed by atoms with Gasteiger partial charge in [0.1, 0.15) is 11.3 Å². The van der Waals surface area contributed by atoms with E-state index in [1.54, 1.807) is 6.07 Å². The van der Waals surface area contributed by atoms with E-state index in [0.29, 0.717) is 11.3 Å². The van der Waals surface area contributed by atoms with Crippen LogP contribution in [0.4, 0.5) is 0 Å². The minimum absolute atomic E-state index is 0.0432. The Morgan fingerprint density at radius 3 is 2.73 bits per heavy atom. The maximum atomic E-state index is 12.7. The highest BCUT2D eigenvalue weighted by Gasteiger charge is 2.25. The fourth-order valence-corrected chi connectivity index (χ4v) is 5.46. The molecule has 6 nitrogen and oxygen atoms in total. The van der Waals surface area contributed by atoms with Gasteiger partial charge in [0.2, 0.25) is 0 Å². The Bertz CT molecular complexity index is 1430. The third kappa shape index (κ3) is 3.59. The van der Waals surface area contributed by atoms with Crippen LogP contribution < -0.4 is 15.7 Å². The zero-order valence-corrected chi connectivity index (χ0v) is 18.4. The van der Waals surface area contributed by atoms with E-state index >= 15 is 0 Å². The fourth-order valence-electron chi connectivity index (χ4n) is 5.46. The van der Waals surface area contributed by atoms with Crippen molar-refractivity contribution in [2.24, 2.45) is 0 Å². The lowest BCUT2D eigenvalue weighted by molar-refractivity contribution is -0.124. The van der Waals surface area contributed by atoms with Crippen LogP contribution in [0.1, 0.15) is 54.1 Å². The van der Waals surface area contributed by atoms with E-state index in [1.807, 2.05) is 24.3 Å². The average Bonchev–Trinajstić information content (AvgIpc) is 3.23. The first-order valence-electron chi connectivity index (χ1n) is 11.8. The Balaban J connectivity index is 1.17. The third-order valence-electron chi connectivity index (χ3n) is 7.01. The first kappa shape index (κ1) is 20.1. The number of carbonyl (C=O) groups is 1. The van der Waals surface area contributed by atoms with Gasteiger partial charge in [-0.2, -0.15) is 0 Å². The third-order valence-corrected chi connectivity index (χ3v) is 7.01. The van der Waals surface area contributed by atoms with E-state index in [-0.39, 0.29) is 24.2 Å². The number of carbonyl (C=O) groups excluding carboxylic acids is 1. The number of aryl methyl sites for hydroxylation is 2. The van der Waals surface area contributed by atoms with Gasteiger partial charge < -0.3 is 19.5 Å². The number of nitrogens with one attached hydrogen (secondary N) is 2. The second kappa shape index (κ2) is 8.10. The summed E-state index contributed by atoms with van der Waals surface area (Å²) in [6.07, 6.45) is 6.76. The van der Waals surface area contributed by atoms with Gasteiger partial charge in [0, 0.05) is 33.6 Å². The number of hydrogen-bond acceptors (Lipinski definition) is 4. The molecule has 2 aliphatic carbocycles. The van der Waals surface area contributed by atoms with Crippen molar-refractivity contribution < 1.29 is 13.9 Å². The predicted molar refractivity (Wildman–Crippen MR) is 127 cm³/mol. The van der Waals surface area contributed by atoms with Gasteiger partial charge in [0.25, 0.3) is 5.91 Å². The van der Waals surface area contributed by atoms with Crippen LogP contribution in [0.25, 0.3) is 21.9 Å². The maximum absolute atomic E-state index is 12.7. The molecule has 4 aromatic rings. The van der Waals surface area contributed by atoms with Crippen molar-refractivity contribution in [3.8, 4) is 5.75 Å². The summed E-state index contributed by atoms with van der Waals surface area (Å²) in [5.41, 5.74) is 5.70. The zero-order valence-electron chi connectivity index (χ0n) is 18.4. The highest BCUT2D eigenvalue weighted by atomic mass is 16.5. The number of fused-ring (bicyclic) bond motifs is 6. The quantitative estimate of drug-likeness (QED) is 0.448. The van der Waals surface area contributed by atoms with Gasteiger partial charge in [0.05, 0.1) is 6.04 Å². The molecule has 6 heteroatoms. The smallest absolute Gasteiger partial charge is 0.339 e. The molecule has 0 saturated heterocycles. The molecule has 1 amide bonds. The molecule has 1 unspecified atom stereocenters. The molecule has 33 heavy (non-hydrogen) atoms. The van der Waals surface area contributed by atoms with Gasteiger partial charge >= 0.3 is 5.63 Å². The maximum Gasteiger partial charge on any atom is 0.339 e. The Morgan fingerprint density at radius 1 is 1.00 bits per heavy atom. The lowest BCUT2D eigenvalue weighted by Gasteiger charge is -2.24. The lowest BCUT2D eigenvalue weighted by atomic mass is 9.91. The van der Waals surface area contributed by atoms with Gasteiger partial charge in [-0.15, -0.1) is 0 Å². The number of hydrogen-bond donors (Lipinski definition) is 2. The topological polar surface area (TPSA) is 84.3 Å². The van der Waals surface area contributed by atoms with Crippen LogP contribution in [0, 0.1) is 0 Å². The number of para-hydroxylation sites is 1. The van der Waals surface area contributed by atoms with Crippen LogP contribution in [0.3, 0.4) is 0 Å². The van der Waals surface area contributed by atoms with Crippen molar-refractivity contribution >= 4 is 27.8 Å². The number of benzene rings is 2. The molecular weight excluding hydrogens is 416 g/mol. The molecule has 2 aromatic heterocycles. The van der Waals surface area contributed by atoms with Crippen molar-refractivity contribution in [2.45, 2.75) is 51.0 Å². The molecule has 2 heterocycles. The molecule has 1 atom stereocenters. The molecule has 2 N–H and O–H groups in total. The van der Waals surface area contributed by atoms with E-state index < -0.39 is 0 Å². The molecule has 168 valence electrons. The summed E-state index contributed by atoms with van der Waals surface area (Å²) in [7, 11) is 0. The van der Waals surface area contributed by atoms with Gasteiger partial charge in [-0.3, -0.25) is 4.79 Å². The average molecular weight is 443 g/mol. The first-order chi connectivity index (χ1) is 16.2. The number of H-pyrrole nitrogens is 1. The Kier molecular flexibility index (Phi) is 4.93. The van der Waals surface area contributed by atoms with Crippen molar-refractivity contribution in [1.82, 2.24) is 10.3 Å². The molecule has 0 fully saturated rings. The summed E-state index contributed by atoms with van der Waals surface area (Å²) in [5.74, 6) is 0.352. The number of rotatable bonds is 4. The van der Waals surface area contributed by atoms with Gasteiger partial charge in [0.15, 0.2) is 6.61 Å². The Labute approximate surface area is 190 Å². The second-order valence-electron chi connectivity index (χ2n) is 9.08. The van der Waals surface area contributed by atoms with E-state index in [4.69, 9.17) is 9.15 Å². The minimum atomic E-state index is -0.251. The van der Waals surface area contributed by atoms with Crippen LogP contribution in [0.15, 0.2) is 51.7 Å². The van der Waals surface area contributed by atoms with Crippen LogP contribution in [0.2, 0.25) is 0 Å². The first-order valence-corrected chi connectivity index (χ1v) is 11.8. The molecule has 0 aliphatic heterocycles. The largest absolute Gasteiger partial charge is 0.484 e. The summed E-state index contributed by atoms with van der Waals surface area (Å²) in [4.78, 5) is 28.6. The van der Waals surface area contributed by atoms with E-state index in [9.17, 15) is 9.59 Å². The monoisotopic (exact) mass is 442 g/mol. The van der Waals surface area contributed by atoms with Gasteiger partial charge in [-0.1, -0.05) is 18.2 Å². The molecule has 0 bridgehead atoms. The Morgan fingerprint density at radius 2 is 1.82 bits per heavy atom. The van der Waals surface area contributed by atoms with Gasteiger partial charge in [-0.25, -0.2) is 4.79 Å². The Hall–Kier alpha value is -3.54. The van der Waals surface area contributed by atoms with E-state index in [0.717, 1.165) is 72.7 Å². The molecular formula is C27H26N2O4. The summed E-state index contributed by atoms with van der Waals surface area (Å²) in [6, 6.07) is 13.7. The zero-order chi connectivity index (χ0) is 22.4. The van der Waals surface area contributed by atoms with E-state index in [1.165, 1.54) is 10.9 Å². The highest BCUT2D eigenvalue weighted by molar-refractivity contribution is 5.86. The summed E-state index contributed by atoms with van der Waals surface area (Å²) >= 11 is 0. The number of aromatic nitrogens is 1. The fraction of sp³-hybridized carbons (Fsp3) is 0.333. The number of aromatic amines is 1. The van der Waals surface area contributed by atoms with Crippen LogP contribution in [0.5, 0.6) is 5.75 Å². The molecule has 0 radical (unpaired) electrons. The van der Waals surface area contributed by atoms with Crippen molar-refractivity contribution in [3.05, 3.63) is 75.3 Å². The minimum Gasteiger partial charge on any atom is -0.484 e. The number of ether oxygens (including phenoxy) is 1. The summed E-state index contributed by atoms with van der Waals surface area (Å²) in [6.45, 7) is -0.0905. The molecule has 6 rings (SSSR count). The van der Waals surface area contributed by atoms with Crippen LogP contribution >= 0.6 is 0 Å². The van der Waals surface area contributed by atoms with Crippen molar-refractivity contribution in [1.29, 1.82) is 0 Å². The van der Waals surface area contributed by atoms with Crippen LogP contribution in [-0.4, -0.2) is 17.5 Å². The highest BCUT2D eigenvalue weighted by Crippen LogP contribution is 2.34. The molecule has 0 spiro atoms. The molecule has 2 aromatic carbocycles. The van der Waals surface area contributed by atoms with Crippen molar-refractivity contribution in [2.75, 3.05) is 6.61 Å². The molecule has 2 aliphatic rings. The second-order valence-corrected chi connectivity index (χ2v) is 9.08. The predicted octanol–water partition coefficient (Wildman–Crippen LogP) is 4.73. The van der Waals surface area contributed by atoms with E-state index in [2.05, 4.69) is 22.4 Å². The van der Waals surface area contributed by atoms with Crippen LogP contribution in [-0.2, 0) is 24.1 Å². The number of amides is 1. The SMILES string of the molecule is O=C(COc1ccc2c3c(c(=O)oc2c1)CCCC3)NC1CCCc2c1[nH]c1ccccc21. The standard InChI is InChI=1S/C27H26N2O4/c30-25(28-23-11-5-9-20-18-7-3-4-10-22(18)29-26(20)23)15-32-16-12-13-19-17-6-1-2-8-21(17)27(31)33-24(19)14-16/h3-4,7,10,12-14,23,29H,1-2,5-6,8-9,11,15H2,(H,28,30). The normalized spacial score (nSPS) is 17.5. The summed E-state index contributed by atoms with van der Waals surface area (Å²) < 4.78 is 11.3.